The molecule has 0 aromatic heterocycles. The highest BCUT2D eigenvalue weighted by Crippen LogP contribution is 2.53. The average molecular weight is 881 g/mol. The molecular weight excluding hydrogens is 825 g/mol. The van der Waals surface area contributed by atoms with Crippen molar-refractivity contribution in [3.63, 3.8) is 0 Å². The summed E-state index contributed by atoms with van der Waals surface area (Å²) < 4.78 is 0. The summed E-state index contributed by atoms with van der Waals surface area (Å²) in [6.45, 7) is 11.3. The van der Waals surface area contributed by atoms with E-state index in [0.29, 0.717) is 0 Å². The number of hydrogen-bond donors (Lipinski definition) is 0. The maximum absolute atomic E-state index is 4.06. The Bertz CT molecular complexity index is 3330. The Morgan fingerprint density at radius 2 is 1.10 bits per heavy atom. The standard InChI is InChI=1S/C64H56N2Si/c1-5-6-21-58-44(2)67(40-15-16-41-67)63-25-14-13-24-62(63)65(58)50-35-37-54-53-36-30-46(42-56(53)64(3,4)57(54)43-50)27-26-45-28-31-47(32-29-45)51-38-39-61(55-20-10-9-19-52(51)55)66-59-22-11-7-17-48(59)33-34-49-18-8-12-23-60(49)66/h5-14,17-32,35-39,42-43H,1,15-16,33-34,40-41H2,2-4H3. The Morgan fingerprint density at radius 1 is 0.522 bits per heavy atom. The zero-order valence-corrected chi connectivity index (χ0v) is 39.9. The summed E-state index contributed by atoms with van der Waals surface area (Å²) in [6, 6.07) is 66.7. The largest absolute Gasteiger partial charge is 0.311 e. The van der Waals surface area contributed by atoms with Crippen LogP contribution in [0.25, 0.3) is 45.2 Å². The van der Waals surface area contributed by atoms with E-state index in [1.165, 1.54) is 125 Å². The van der Waals surface area contributed by atoms with E-state index in [4.69, 9.17) is 0 Å². The van der Waals surface area contributed by atoms with Gasteiger partial charge in [-0.2, -0.15) is 0 Å². The van der Waals surface area contributed by atoms with Crippen LogP contribution in [0.4, 0.5) is 28.4 Å². The van der Waals surface area contributed by atoms with E-state index < -0.39 is 8.07 Å². The summed E-state index contributed by atoms with van der Waals surface area (Å²) >= 11 is 0. The van der Waals surface area contributed by atoms with Crippen molar-refractivity contribution in [3.8, 4) is 22.3 Å². The fourth-order valence-electron chi connectivity index (χ4n) is 12.3. The van der Waals surface area contributed by atoms with Crippen molar-refractivity contribution in [1.82, 2.24) is 0 Å². The van der Waals surface area contributed by atoms with Crippen LogP contribution >= 0.6 is 0 Å². The molecule has 1 fully saturated rings. The van der Waals surface area contributed by atoms with Gasteiger partial charge >= 0.3 is 0 Å². The first kappa shape index (κ1) is 41.2. The fraction of sp³-hybridized carbons (Fsp3) is 0.156. The van der Waals surface area contributed by atoms with Crippen LogP contribution in [0.5, 0.6) is 0 Å². The van der Waals surface area contributed by atoms with Crippen LogP contribution in [0.3, 0.4) is 0 Å². The van der Waals surface area contributed by atoms with E-state index in [1.807, 2.05) is 6.08 Å². The average Bonchev–Trinajstić information content (AvgIpc) is 3.90. The normalized spacial score (nSPS) is 16.6. The van der Waals surface area contributed by atoms with Crippen LogP contribution in [0, 0.1) is 0 Å². The van der Waals surface area contributed by atoms with Gasteiger partial charge in [-0.1, -0.05) is 196 Å². The lowest BCUT2D eigenvalue weighted by atomic mass is 9.81. The lowest BCUT2D eigenvalue weighted by Crippen LogP contribution is -2.53. The van der Waals surface area contributed by atoms with Crippen molar-refractivity contribution in [3.05, 3.63) is 239 Å². The monoisotopic (exact) mass is 880 g/mol. The third-order valence-corrected chi connectivity index (χ3v) is 21.3. The number of anilines is 5. The Kier molecular flexibility index (Phi) is 10.0. The molecule has 0 N–H and O–H groups in total. The van der Waals surface area contributed by atoms with Gasteiger partial charge < -0.3 is 9.80 Å². The molecule has 0 unspecified atom stereocenters. The molecule has 0 saturated carbocycles. The number of nitrogens with zero attached hydrogens (tertiary/aromatic N) is 2. The van der Waals surface area contributed by atoms with Gasteiger partial charge in [0.1, 0.15) is 8.07 Å². The van der Waals surface area contributed by atoms with Crippen LogP contribution < -0.4 is 15.0 Å². The maximum Gasteiger partial charge on any atom is 0.118 e. The summed E-state index contributed by atoms with van der Waals surface area (Å²) in [5.41, 5.74) is 20.6. The third-order valence-electron chi connectivity index (χ3n) is 15.8. The summed E-state index contributed by atoms with van der Waals surface area (Å²) in [5.74, 6) is 0. The third kappa shape index (κ3) is 6.66. The number of benzene rings is 8. The van der Waals surface area contributed by atoms with Crippen LogP contribution in [0.1, 0.15) is 67.0 Å². The fourth-order valence-corrected chi connectivity index (χ4v) is 17.7. The molecule has 1 spiro atoms. The second kappa shape index (κ2) is 16.3. The molecule has 2 nitrogen and oxygen atoms in total. The first-order valence-corrected chi connectivity index (χ1v) is 26.7. The van der Waals surface area contributed by atoms with E-state index in [2.05, 4.69) is 231 Å². The molecular formula is C64H56N2Si. The minimum absolute atomic E-state index is 0.156. The second-order valence-electron chi connectivity index (χ2n) is 19.6. The minimum Gasteiger partial charge on any atom is -0.311 e. The number of aryl methyl sites for hydroxylation is 2. The Hall–Kier alpha value is -7.20. The molecule has 326 valence electrons. The van der Waals surface area contributed by atoms with Crippen LogP contribution in [-0.2, 0) is 18.3 Å². The highest BCUT2D eigenvalue weighted by atomic mass is 28.3. The zero-order valence-electron chi connectivity index (χ0n) is 38.9. The van der Waals surface area contributed by atoms with E-state index in [1.54, 1.807) is 10.4 Å². The molecule has 0 radical (unpaired) electrons. The van der Waals surface area contributed by atoms with Crippen LogP contribution in [0.2, 0.25) is 12.1 Å². The van der Waals surface area contributed by atoms with Crippen LogP contribution in [0.15, 0.2) is 206 Å². The SMILES string of the molecule is C=CC=CC1=C(C)[Si]2(CCCC2)c2ccccc2N1c1ccc2c(c1)C(C)(C)c1cc(C=Cc3ccc(-c4ccc(N5c6ccccc6CCc6ccccc65)c5ccccc45)cc3)ccc1-2. The van der Waals surface area contributed by atoms with Gasteiger partial charge in [-0.15, -0.1) is 0 Å². The summed E-state index contributed by atoms with van der Waals surface area (Å²) in [6.07, 6.45) is 15.6. The maximum atomic E-state index is 4.06. The van der Waals surface area contributed by atoms with Gasteiger partial charge in [-0.3, -0.25) is 0 Å². The van der Waals surface area contributed by atoms with E-state index in [9.17, 15) is 0 Å². The number of hydrogen-bond acceptors (Lipinski definition) is 2. The molecule has 8 aromatic carbocycles. The van der Waals surface area contributed by atoms with Crippen molar-refractivity contribution in [2.45, 2.75) is 64.0 Å². The Balaban J connectivity index is 0.836. The summed E-state index contributed by atoms with van der Waals surface area (Å²) in [7, 11) is -1.78. The second-order valence-corrected chi connectivity index (χ2v) is 24.1. The molecule has 3 heterocycles. The van der Waals surface area contributed by atoms with Crippen molar-refractivity contribution >= 4 is 64.6 Å². The van der Waals surface area contributed by atoms with Gasteiger partial charge in [0.05, 0.1) is 5.69 Å². The highest BCUT2D eigenvalue weighted by molar-refractivity contribution is 6.99. The van der Waals surface area contributed by atoms with Crippen molar-refractivity contribution in [2.75, 3.05) is 9.80 Å². The van der Waals surface area contributed by atoms with Crippen molar-refractivity contribution < 1.29 is 0 Å². The molecule has 3 aliphatic heterocycles. The minimum atomic E-state index is -1.78. The molecule has 3 heteroatoms. The predicted octanol–water partition coefficient (Wildman–Crippen LogP) is 16.7. The van der Waals surface area contributed by atoms with Gasteiger partial charge in [0.2, 0.25) is 0 Å². The molecule has 0 bridgehead atoms. The lowest BCUT2D eigenvalue weighted by Gasteiger charge is -2.43. The summed E-state index contributed by atoms with van der Waals surface area (Å²) in [4.78, 5) is 5.04. The molecule has 1 saturated heterocycles. The number of rotatable bonds is 7. The highest BCUT2D eigenvalue weighted by Gasteiger charge is 2.47. The molecule has 0 amide bonds. The predicted molar refractivity (Wildman–Crippen MR) is 289 cm³/mol. The van der Waals surface area contributed by atoms with Gasteiger partial charge in [0, 0.05) is 39.2 Å². The number of allylic oxidation sites excluding steroid dienone is 4. The van der Waals surface area contributed by atoms with Crippen LogP contribution in [-0.4, -0.2) is 8.07 Å². The number of fused-ring (bicyclic) bond motifs is 8. The Morgan fingerprint density at radius 3 is 1.82 bits per heavy atom. The smallest absolute Gasteiger partial charge is 0.118 e. The molecule has 12 rings (SSSR count). The van der Waals surface area contributed by atoms with E-state index >= 15 is 0 Å². The van der Waals surface area contributed by atoms with Gasteiger partial charge in [0.15, 0.2) is 0 Å². The van der Waals surface area contributed by atoms with E-state index in [-0.39, 0.29) is 5.41 Å². The first-order chi connectivity index (χ1) is 32.8. The van der Waals surface area contributed by atoms with Crippen molar-refractivity contribution in [1.29, 1.82) is 0 Å². The van der Waals surface area contributed by atoms with Gasteiger partial charge in [0.25, 0.3) is 0 Å². The molecule has 8 aromatic rings. The molecule has 67 heavy (non-hydrogen) atoms. The quantitative estimate of drug-likeness (QED) is 0.0894. The van der Waals surface area contributed by atoms with Gasteiger partial charge in [-0.25, -0.2) is 0 Å². The van der Waals surface area contributed by atoms with E-state index in [0.717, 1.165) is 12.8 Å². The topological polar surface area (TPSA) is 6.48 Å². The van der Waals surface area contributed by atoms with Gasteiger partial charge in [-0.05, 0) is 141 Å². The number of para-hydroxylation sites is 3. The van der Waals surface area contributed by atoms with Crippen molar-refractivity contribution in [2.24, 2.45) is 0 Å². The lowest BCUT2D eigenvalue weighted by molar-refractivity contribution is 0.660. The molecule has 0 atom stereocenters. The molecule has 1 aliphatic carbocycles. The summed E-state index contributed by atoms with van der Waals surface area (Å²) in [5, 5.41) is 5.73. The Labute approximate surface area is 397 Å². The zero-order chi connectivity index (χ0) is 45.3. The first-order valence-electron chi connectivity index (χ1n) is 24.3. The molecule has 4 aliphatic rings.